The van der Waals surface area contributed by atoms with Crippen molar-refractivity contribution in [2.75, 3.05) is 0 Å². The van der Waals surface area contributed by atoms with Crippen molar-refractivity contribution in [1.29, 1.82) is 0 Å². The number of H-pyrrole nitrogens is 1. The number of aromatic amines is 1. The minimum atomic E-state index is -1.02. The van der Waals surface area contributed by atoms with Gasteiger partial charge in [0.1, 0.15) is 6.04 Å². The normalized spacial score (nSPS) is 17.5. The number of nitrogens with one attached hydrogen (secondary N) is 1. The number of aromatic nitrogens is 2. The van der Waals surface area contributed by atoms with Crippen molar-refractivity contribution in [3.05, 3.63) is 17.0 Å². The van der Waals surface area contributed by atoms with Crippen LogP contribution < -0.4 is 5.73 Å². The molecular weight excluding hydrogens is 182 g/mol. The Morgan fingerprint density at radius 2 is 2.21 bits per heavy atom. The number of hydrogen-bond acceptors (Lipinski definition) is 3. The van der Waals surface area contributed by atoms with Gasteiger partial charge in [0.05, 0.1) is 5.69 Å². The van der Waals surface area contributed by atoms with Gasteiger partial charge < -0.3 is 10.8 Å². The Morgan fingerprint density at radius 3 is 2.93 bits per heavy atom. The lowest BCUT2D eigenvalue weighted by molar-refractivity contribution is -0.138. The van der Waals surface area contributed by atoms with E-state index in [4.69, 9.17) is 10.8 Å². The van der Waals surface area contributed by atoms with Gasteiger partial charge in [-0.05, 0) is 31.2 Å². The van der Waals surface area contributed by atoms with Crippen molar-refractivity contribution in [2.45, 2.75) is 31.7 Å². The Balaban J connectivity index is 2.34. The summed E-state index contributed by atoms with van der Waals surface area (Å²) in [5.74, 6) is -1.02. The van der Waals surface area contributed by atoms with Crippen LogP contribution in [0.4, 0.5) is 0 Å². The summed E-state index contributed by atoms with van der Waals surface area (Å²) in [6.07, 6.45) is 4.07. The van der Waals surface area contributed by atoms with Gasteiger partial charge in [-0.1, -0.05) is 0 Å². The Kier molecular flexibility index (Phi) is 2.25. The molecule has 1 aromatic heterocycles. The summed E-state index contributed by atoms with van der Waals surface area (Å²) in [5, 5.41) is 15.6. The molecule has 14 heavy (non-hydrogen) atoms. The van der Waals surface area contributed by atoms with E-state index >= 15 is 0 Å². The summed E-state index contributed by atoms with van der Waals surface area (Å²) in [7, 11) is 0. The molecule has 1 heterocycles. The molecule has 1 aliphatic rings. The van der Waals surface area contributed by atoms with E-state index in [1.165, 1.54) is 0 Å². The van der Waals surface area contributed by atoms with E-state index in [-0.39, 0.29) is 0 Å². The van der Waals surface area contributed by atoms with Gasteiger partial charge in [-0.25, -0.2) is 0 Å². The fourth-order valence-corrected chi connectivity index (χ4v) is 1.88. The van der Waals surface area contributed by atoms with E-state index < -0.39 is 12.0 Å². The molecule has 4 N–H and O–H groups in total. The highest BCUT2D eigenvalue weighted by Gasteiger charge is 2.24. The van der Waals surface area contributed by atoms with Gasteiger partial charge in [-0.3, -0.25) is 9.89 Å². The predicted octanol–water partition coefficient (Wildman–Crippen LogP) is 0.373. The number of carboxylic acid groups (broad SMARTS) is 1. The Bertz CT molecular complexity index is 359. The molecule has 0 saturated heterocycles. The van der Waals surface area contributed by atoms with Gasteiger partial charge in [-0.15, -0.1) is 0 Å². The van der Waals surface area contributed by atoms with Crippen LogP contribution in [0.5, 0.6) is 0 Å². The maximum absolute atomic E-state index is 10.7. The van der Waals surface area contributed by atoms with Crippen LogP contribution in [-0.2, 0) is 17.6 Å². The monoisotopic (exact) mass is 195 g/mol. The van der Waals surface area contributed by atoms with Gasteiger partial charge in [-0.2, -0.15) is 5.10 Å². The van der Waals surface area contributed by atoms with Crippen LogP contribution in [0.2, 0.25) is 0 Å². The zero-order chi connectivity index (χ0) is 10.1. The van der Waals surface area contributed by atoms with Crippen molar-refractivity contribution >= 4 is 5.97 Å². The van der Waals surface area contributed by atoms with E-state index in [0.29, 0.717) is 5.69 Å². The average molecular weight is 195 g/mol. The molecule has 1 aliphatic carbocycles. The van der Waals surface area contributed by atoms with Crippen LogP contribution in [0.25, 0.3) is 0 Å². The van der Waals surface area contributed by atoms with E-state index in [9.17, 15) is 4.79 Å². The van der Waals surface area contributed by atoms with Crippen LogP contribution in [0.3, 0.4) is 0 Å². The fraction of sp³-hybridized carbons (Fsp3) is 0.556. The molecule has 0 saturated carbocycles. The number of fused-ring (bicyclic) bond motifs is 1. The molecule has 1 atom stereocenters. The number of carbonyl (C=O) groups is 1. The zero-order valence-electron chi connectivity index (χ0n) is 7.79. The van der Waals surface area contributed by atoms with Crippen LogP contribution in [0, 0.1) is 0 Å². The third-order valence-electron chi connectivity index (χ3n) is 2.65. The van der Waals surface area contributed by atoms with Crippen molar-refractivity contribution in [2.24, 2.45) is 5.73 Å². The summed E-state index contributed by atoms with van der Waals surface area (Å²) in [6.45, 7) is 0. The van der Waals surface area contributed by atoms with Crippen molar-refractivity contribution in [3.8, 4) is 0 Å². The van der Waals surface area contributed by atoms with Gasteiger partial charge in [0.15, 0.2) is 0 Å². The van der Waals surface area contributed by atoms with E-state index in [1.54, 1.807) is 0 Å². The molecule has 5 heteroatoms. The van der Waals surface area contributed by atoms with Crippen molar-refractivity contribution in [1.82, 2.24) is 10.2 Å². The Morgan fingerprint density at radius 1 is 1.50 bits per heavy atom. The molecule has 0 aromatic carbocycles. The van der Waals surface area contributed by atoms with Crippen LogP contribution in [0.1, 0.15) is 35.8 Å². The largest absolute Gasteiger partial charge is 0.480 e. The average Bonchev–Trinajstić information content (AvgIpc) is 2.60. The van der Waals surface area contributed by atoms with Gasteiger partial charge in [0.2, 0.25) is 0 Å². The molecule has 0 radical (unpaired) electrons. The van der Waals surface area contributed by atoms with E-state index in [1.807, 2.05) is 0 Å². The highest BCUT2D eigenvalue weighted by atomic mass is 16.4. The molecule has 5 nitrogen and oxygen atoms in total. The first-order chi connectivity index (χ1) is 6.70. The summed E-state index contributed by atoms with van der Waals surface area (Å²) >= 11 is 0. The maximum Gasteiger partial charge on any atom is 0.326 e. The highest BCUT2D eigenvalue weighted by Crippen LogP contribution is 2.25. The zero-order valence-corrected chi connectivity index (χ0v) is 7.79. The smallest absolute Gasteiger partial charge is 0.326 e. The second-order valence-electron chi connectivity index (χ2n) is 3.59. The van der Waals surface area contributed by atoms with Crippen LogP contribution >= 0.6 is 0 Å². The van der Waals surface area contributed by atoms with Crippen molar-refractivity contribution < 1.29 is 9.90 Å². The predicted molar refractivity (Wildman–Crippen MR) is 49.8 cm³/mol. The van der Waals surface area contributed by atoms with Gasteiger partial charge in [0, 0.05) is 5.69 Å². The van der Waals surface area contributed by atoms with Gasteiger partial charge >= 0.3 is 5.97 Å². The minimum absolute atomic E-state index is 0.507. The molecule has 0 spiro atoms. The number of nitrogens with two attached hydrogens (primary N) is 1. The first-order valence-corrected chi connectivity index (χ1v) is 4.74. The maximum atomic E-state index is 10.7. The minimum Gasteiger partial charge on any atom is -0.480 e. The molecule has 76 valence electrons. The second kappa shape index (κ2) is 3.42. The summed E-state index contributed by atoms with van der Waals surface area (Å²) in [5.41, 5.74) is 8.11. The molecule has 1 aromatic rings. The molecule has 0 amide bonds. The SMILES string of the molecule is NC(C(=O)O)c1n[nH]c2c1CCCC2. The molecule has 1 unspecified atom stereocenters. The first kappa shape index (κ1) is 9.21. The standard InChI is InChI=1S/C9H13N3O2/c10-7(9(13)14)8-5-3-1-2-4-6(5)11-12-8/h7H,1-4,10H2,(H,11,12)(H,13,14). The van der Waals surface area contributed by atoms with Crippen molar-refractivity contribution in [3.63, 3.8) is 0 Å². The number of rotatable bonds is 2. The van der Waals surface area contributed by atoms with Crippen LogP contribution in [-0.4, -0.2) is 21.3 Å². The fourth-order valence-electron chi connectivity index (χ4n) is 1.88. The number of hydrogen-bond donors (Lipinski definition) is 3. The lowest BCUT2D eigenvalue weighted by Gasteiger charge is -2.12. The first-order valence-electron chi connectivity index (χ1n) is 4.74. The number of carboxylic acids is 1. The third kappa shape index (κ3) is 1.39. The molecule has 0 fully saturated rings. The topological polar surface area (TPSA) is 92.0 Å². The number of aryl methyl sites for hydroxylation is 1. The molecule has 0 bridgehead atoms. The quantitative estimate of drug-likeness (QED) is 0.635. The summed E-state index contributed by atoms with van der Waals surface area (Å²) in [4.78, 5) is 10.7. The third-order valence-corrected chi connectivity index (χ3v) is 2.65. The number of aliphatic carboxylic acids is 1. The van der Waals surface area contributed by atoms with Crippen LogP contribution in [0.15, 0.2) is 0 Å². The van der Waals surface area contributed by atoms with E-state index in [0.717, 1.165) is 36.9 Å². The number of nitrogens with zero attached hydrogens (tertiary/aromatic N) is 1. The second-order valence-corrected chi connectivity index (χ2v) is 3.59. The Labute approximate surface area is 81.3 Å². The summed E-state index contributed by atoms with van der Waals surface area (Å²) in [6, 6.07) is -0.993. The highest BCUT2D eigenvalue weighted by molar-refractivity contribution is 5.75. The van der Waals surface area contributed by atoms with E-state index in [2.05, 4.69) is 10.2 Å². The lowest BCUT2D eigenvalue weighted by Crippen LogP contribution is -2.22. The summed E-state index contributed by atoms with van der Waals surface area (Å²) < 4.78 is 0. The molecule has 2 rings (SSSR count). The molecular formula is C9H13N3O2. The van der Waals surface area contributed by atoms with Gasteiger partial charge in [0.25, 0.3) is 0 Å². The molecule has 0 aliphatic heterocycles. The Hall–Kier alpha value is -1.36. The lowest BCUT2D eigenvalue weighted by atomic mass is 9.94.